The van der Waals surface area contributed by atoms with Crippen LogP contribution < -0.4 is 0 Å². The fraction of sp³-hybridized carbons (Fsp3) is 0.375. The molecule has 0 fully saturated rings. The Kier molecular flexibility index (Phi) is 6.59. The van der Waals surface area contributed by atoms with Crippen LogP contribution in [0.4, 0.5) is 4.39 Å². The summed E-state index contributed by atoms with van der Waals surface area (Å²) < 4.78 is 12.7. The van der Waals surface area contributed by atoms with E-state index in [4.69, 9.17) is 5.11 Å². The van der Waals surface area contributed by atoms with Crippen molar-refractivity contribution in [1.82, 2.24) is 4.90 Å². The number of benzene rings is 1. The fourth-order valence-corrected chi connectivity index (χ4v) is 1.87. The first-order valence-electron chi connectivity index (χ1n) is 6.83. The summed E-state index contributed by atoms with van der Waals surface area (Å²) in [6.45, 7) is 3.91. The molecule has 114 valence electrons. The summed E-state index contributed by atoms with van der Waals surface area (Å²) in [6, 6.07) is 5.92. The molecule has 0 saturated heterocycles. The predicted molar refractivity (Wildman–Crippen MR) is 79.2 cm³/mol. The minimum Gasteiger partial charge on any atom is -0.481 e. The summed E-state index contributed by atoms with van der Waals surface area (Å²) in [4.78, 5) is 24.2. The minimum absolute atomic E-state index is 0.0453. The summed E-state index contributed by atoms with van der Waals surface area (Å²) in [5, 5.41) is 8.69. The second-order valence-corrected chi connectivity index (χ2v) is 4.98. The Labute approximate surface area is 123 Å². The average Bonchev–Trinajstić information content (AvgIpc) is 2.40. The molecule has 0 aromatic heterocycles. The molecule has 0 saturated carbocycles. The molecule has 1 aromatic carbocycles. The number of carbonyl (C=O) groups excluding carboxylic acids is 1. The van der Waals surface area contributed by atoms with E-state index >= 15 is 0 Å². The van der Waals surface area contributed by atoms with Crippen LogP contribution in [0.25, 0.3) is 6.08 Å². The van der Waals surface area contributed by atoms with E-state index in [2.05, 4.69) is 0 Å². The maximum Gasteiger partial charge on any atom is 0.305 e. The first-order valence-corrected chi connectivity index (χ1v) is 6.83. The number of aliphatic carboxylic acids is 1. The molecule has 1 amide bonds. The zero-order chi connectivity index (χ0) is 15.8. The highest BCUT2D eigenvalue weighted by Crippen LogP contribution is 2.08. The van der Waals surface area contributed by atoms with Gasteiger partial charge in [-0.25, -0.2) is 4.39 Å². The van der Waals surface area contributed by atoms with Crippen LogP contribution in [0, 0.1) is 5.82 Å². The van der Waals surface area contributed by atoms with Crippen molar-refractivity contribution < 1.29 is 19.1 Å². The van der Waals surface area contributed by atoms with Crippen molar-refractivity contribution in [1.29, 1.82) is 0 Å². The number of hydrogen-bond donors (Lipinski definition) is 1. The minimum atomic E-state index is -0.921. The third-order valence-corrected chi connectivity index (χ3v) is 2.98. The smallest absolute Gasteiger partial charge is 0.305 e. The molecular weight excluding hydrogens is 273 g/mol. The molecule has 1 N–H and O–H groups in total. The topological polar surface area (TPSA) is 57.6 Å². The quantitative estimate of drug-likeness (QED) is 0.841. The van der Waals surface area contributed by atoms with Gasteiger partial charge in [-0.3, -0.25) is 9.59 Å². The fourth-order valence-electron chi connectivity index (χ4n) is 1.87. The van der Waals surface area contributed by atoms with E-state index in [9.17, 15) is 14.0 Å². The third kappa shape index (κ3) is 6.21. The number of carbonyl (C=O) groups is 2. The number of carboxylic acid groups (broad SMARTS) is 1. The van der Waals surface area contributed by atoms with Gasteiger partial charge in [-0.05, 0) is 31.5 Å². The van der Waals surface area contributed by atoms with E-state index in [1.165, 1.54) is 12.1 Å². The molecule has 0 aliphatic heterocycles. The molecule has 0 heterocycles. The Balaban J connectivity index is 2.56. The molecule has 1 aromatic rings. The lowest BCUT2D eigenvalue weighted by Crippen LogP contribution is -2.38. The van der Waals surface area contributed by atoms with Crippen molar-refractivity contribution in [2.24, 2.45) is 0 Å². The van der Waals surface area contributed by atoms with Gasteiger partial charge < -0.3 is 10.0 Å². The molecule has 0 spiro atoms. The lowest BCUT2D eigenvalue weighted by molar-refractivity contribution is -0.138. The SMILES string of the molecule is CC(C)N(CCC(=O)O)C(=O)C/C=C/c1ccc(F)cc1. The Morgan fingerprint density at radius 1 is 1.29 bits per heavy atom. The van der Waals surface area contributed by atoms with E-state index in [0.717, 1.165) is 5.56 Å². The Hall–Kier alpha value is -2.17. The number of halogens is 1. The molecule has 0 radical (unpaired) electrons. The maximum atomic E-state index is 12.7. The number of amides is 1. The van der Waals surface area contributed by atoms with Crippen molar-refractivity contribution in [2.45, 2.75) is 32.7 Å². The van der Waals surface area contributed by atoms with Crippen LogP contribution in [-0.4, -0.2) is 34.5 Å². The van der Waals surface area contributed by atoms with E-state index in [-0.39, 0.29) is 37.2 Å². The van der Waals surface area contributed by atoms with Crippen LogP contribution in [0.1, 0.15) is 32.3 Å². The van der Waals surface area contributed by atoms with Crippen molar-refractivity contribution in [3.63, 3.8) is 0 Å². The number of nitrogens with zero attached hydrogens (tertiary/aromatic N) is 1. The summed E-state index contributed by atoms with van der Waals surface area (Å²) in [6.07, 6.45) is 3.57. The van der Waals surface area contributed by atoms with Gasteiger partial charge in [0.1, 0.15) is 5.82 Å². The number of carboxylic acids is 1. The van der Waals surface area contributed by atoms with Crippen LogP contribution in [-0.2, 0) is 9.59 Å². The summed E-state index contributed by atoms with van der Waals surface area (Å²) >= 11 is 0. The van der Waals surface area contributed by atoms with Crippen LogP contribution in [0.15, 0.2) is 30.3 Å². The monoisotopic (exact) mass is 293 g/mol. The zero-order valence-corrected chi connectivity index (χ0v) is 12.3. The van der Waals surface area contributed by atoms with Gasteiger partial charge in [0, 0.05) is 19.0 Å². The summed E-state index contributed by atoms with van der Waals surface area (Å²) in [5.74, 6) is -1.34. The maximum absolute atomic E-state index is 12.7. The normalized spacial score (nSPS) is 11.0. The van der Waals surface area contributed by atoms with Crippen molar-refractivity contribution in [3.8, 4) is 0 Å². The lowest BCUT2D eigenvalue weighted by atomic mass is 10.2. The predicted octanol–water partition coefficient (Wildman–Crippen LogP) is 2.94. The molecular formula is C16H20FNO3. The van der Waals surface area contributed by atoms with Crippen LogP contribution >= 0.6 is 0 Å². The highest BCUT2D eigenvalue weighted by Gasteiger charge is 2.16. The first-order chi connectivity index (χ1) is 9.90. The van der Waals surface area contributed by atoms with Gasteiger partial charge in [0.15, 0.2) is 0 Å². The van der Waals surface area contributed by atoms with Gasteiger partial charge in [-0.15, -0.1) is 0 Å². The van der Waals surface area contributed by atoms with E-state index in [1.54, 1.807) is 29.2 Å². The molecule has 5 heteroatoms. The van der Waals surface area contributed by atoms with Gasteiger partial charge >= 0.3 is 5.97 Å². The molecule has 0 aliphatic carbocycles. The first kappa shape index (κ1) is 16.9. The Morgan fingerprint density at radius 2 is 1.90 bits per heavy atom. The van der Waals surface area contributed by atoms with E-state index in [0.29, 0.717) is 0 Å². The average molecular weight is 293 g/mol. The van der Waals surface area contributed by atoms with Gasteiger partial charge in [0.25, 0.3) is 0 Å². The van der Waals surface area contributed by atoms with Crippen LogP contribution in [0.2, 0.25) is 0 Å². The zero-order valence-electron chi connectivity index (χ0n) is 12.3. The summed E-state index contributed by atoms with van der Waals surface area (Å²) in [7, 11) is 0. The molecule has 0 unspecified atom stereocenters. The van der Waals surface area contributed by atoms with Gasteiger partial charge in [-0.2, -0.15) is 0 Å². The third-order valence-electron chi connectivity index (χ3n) is 2.98. The van der Waals surface area contributed by atoms with Crippen molar-refractivity contribution >= 4 is 18.0 Å². The second kappa shape index (κ2) is 8.19. The van der Waals surface area contributed by atoms with Crippen LogP contribution in [0.3, 0.4) is 0 Å². The highest BCUT2D eigenvalue weighted by molar-refractivity contribution is 5.79. The Bertz CT molecular complexity index is 509. The lowest BCUT2D eigenvalue weighted by Gasteiger charge is -2.25. The Morgan fingerprint density at radius 3 is 2.43 bits per heavy atom. The largest absolute Gasteiger partial charge is 0.481 e. The van der Waals surface area contributed by atoms with Gasteiger partial charge in [0.2, 0.25) is 5.91 Å². The standard InChI is InChI=1S/C16H20FNO3/c1-12(2)18(11-10-16(20)21)15(19)5-3-4-13-6-8-14(17)9-7-13/h3-4,6-9,12H,5,10-11H2,1-2H3,(H,20,21)/b4-3+. The molecule has 4 nitrogen and oxygen atoms in total. The van der Waals surface area contributed by atoms with Gasteiger partial charge in [-0.1, -0.05) is 24.3 Å². The van der Waals surface area contributed by atoms with Gasteiger partial charge in [0.05, 0.1) is 6.42 Å². The van der Waals surface area contributed by atoms with Crippen LogP contribution in [0.5, 0.6) is 0 Å². The van der Waals surface area contributed by atoms with E-state index < -0.39 is 5.97 Å². The number of rotatable bonds is 7. The number of hydrogen-bond acceptors (Lipinski definition) is 2. The molecule has 0 aliphatic rings. The summed E-state index contributed by atoms with van der Waals surface area (Å²) in [5.41, 5.74) is 0.811. The second-order valence-electron chi connectivity index (χ2n) is 4.98. The molecule has 1 rings (SSSR count). The molecule has 0 bridgehead atoms. The van der Waals surface area contributed by atoms with Crippen molar-refractivity contribution in [3.05, 3.63) is 41.7 Å². The van der Waals surface area contributed by atoms with E-state index in [1.807, 2.05) is 13.8 Å². The van der Waals surface area contributed by atoms with Crippen molar-refractivity contribution in [2.75, 3.05) is 6.54 Å². The molecule has 0 atom stereocenters. The highest BCUT2D eigenvalue weighted by atomic mass is 19.1. The molecule has 21 heavy (non-hydrogen) atoms.